The Morgan fingerprint density at radius 1 is 1.20 bits per heavy atom. The third kappa shape index (κ3) is 3.66. The topological polar surface area (TPSA) is 57.4 Å². The number of fused-ring (bicyclic) bond motifs is 1. The van der Waals surface area contributed by atoms with Crippen LogP contribution in [0.3, 0.4) is 0 Å². The molecule has 134 valence electrons. The molecule has 1 aromatic heterocycles. The molecule has 0 spiro atoms. The van der Waals surface area contributed by atoms with Crippen LogP contribution in [0.15, 0.2) is 24.3 Å². The maximum atomic E-state index is 12.0. The summed E-state index contributed by atoms with van der Waals surface area (Å²) in [7, 11) is 0. The Kier molecular flexibility index (Phi) is 4.66. The van der Waals surface area contributed by atoms with E-state index in [1.54, 1.807) is 0 Å². The van der Waals surface area contributed by atoms with Crippen LogP contribution in [0.2, 0.25) is 0 Å². The number of nitrogens with zero attached hydrogens (tertiary/aromatic N) is 1. The van der Waals surface area contributed by atoms with Crippen molar-refractivity contribution in [1.82, 2.24) is 10.3 Å². The fraction of sp³-hybridized carbons (Fsp3) is 0.550. The first-order valence-corrected chi connectivity index (χ1v) is 9.52. The number of rotatable bonds is 6. The lowest BCUT2D eigenvalue weighted by Gasteiger charge is -2.36. The Labute approximate surface area is 148 Å². The number of aromatic nitrogens is 1. The minimum absolute atomic E-state index is 0.284. The number of esters is 1. The monoisotopic (exact) mass is 341 g/mol. The molecule has 1 aliphatic carbocycles. The van der Waals surface area contributed by atoms with Gasteiger partial charge in [-0.2, -0.15) is 0 Å². The first-order chi connectivity index (χ1) is 12.2. The van der Waals surface area contributed by atoms with Crippen molar-refractivity contribution in [2.24, 2.45) is 5.92 Å². The number of carbonyl (C=O) groups is 1. The number of benzene rings is 1. The Hall–Kier alpha value is -2.01. The number of H-pyrrole nitrogens is 1. The summed E-state index contributed by atoms with van der Waals surface area (Å²) >= 11 is 0. The van der Waals surface area contributed by atoms with E-state index in [1.165, 1.54) is 31.4 Å². The second-order valence-electron chi connectivity index (χ2n) is 7.25. The van der Waals surface area contributed by atoms with Crippen molar-refractivity contribution >= 4 is 22.6 Å². The smallest absolute Gasteiger partial charge is 0.354 e. The molecule has 2 heterocycles. The van der Waals surface area contributed by atoms with E-state index in [2.05, 4.69) is 33.4 Å². The lowest BCUT2D eigenvalue weighted by molar-refractivity contribution is 0.0520. The molecule has 5 nitrogen and oxygen atoms in total. The van der Waals surface area contributed by atoms with E-state index in [0.717, 1.165) is 36.5 Å². The SMILES string of the molecule is CCOC(=O)c1cc2cc(N(CC3CC3)C3CCNCC3)ccc2[nH]1. The van der Waals surface area contributed by atoms with E-state index < -0.39 is 0 Å². The van der Waals surface area contributed by atoms with Gasteiger partial charge in [0.2, 0.25) is 0 Å². The van der Waals surface area contributed by atoms with Crippen molar-refractivity contribution in [3.8, 4) is 0 Å². The van der Waals surface area contributed by atoms with Gasteiger partial charge in [-0.05, 0) is 75.9 Å². The summed E-state index contributed by atoms with van der Waals surface area (Å²) in [5.41, 5.74) is 2.80. The summed E-state index contributed by atoms with van der Waals surface area (Å²) in [6, 6.07) is 9.03. The molecule has 4 rings (SSSR count). The number of ether oxygens (including phenoxy) is 1. The quantitative estimate of drug-likeness (QED) is 0.792. The van der Waals surface area contributed by atoms with Gasteiger partial charge in [0.25, 0.3) is 0 Å². The van der Waals surface area contributed by atoms with Crippen molar-refractivity contribution in [3.05, 3.63) is 30.0 Å². The second-order valence-corrected chi connectivity index (χ2v) is 7.25. The number of anilines is 1. The number of aromatic amines is 1. The predicted molar refractivity (Wildman–Crippen MR) is 100 cm³/mol. The van der Waals surface area contributed by atoms with Crippen LogP contribution in [0.1, 0.15) is 43.1 Å². The zero-order valence-corrected chi connectivity index (χ0v) is 14.9. The minimum Gasteiger partial charge on any atom is -0.461 e. The van der Waals surface area contributed by atoms with E-state index in [-0.39, 0.29) is 5.97 Å². The van der Waals surface area contributed by atoms with Crippen LogP contribution in [0.25, 0.3) is 10.9 Å². The molecule has 2 fully saturated rings. The summed E-state index contributed by atoms with van der Waals surface area (Å²) in [5.74, 6) is 0.570. The molecule has 0 radical (unpaired) electrons. The zero-order chi connectivity index (χ0) is 17.2. The number of piperidine rings is 1. The largest absolute Gasteiger partial charge is 0.461 e. The van der Waals surface area contributed by atoms with Gasteiger partial charge in [0.15, 0.2) is 0 Å². The van der Waals surface area contributed by atoms with E-state index >= 15 is 0 Å². The van der Waals surface area contributed by atoms with Gasteiger partial charge in [-0.25, -0.2) is 4.79 Å². The third-order valence-corrected chi connectivity index (χ3v) is 5.33. The number of nitrogens with one attached hydrogen (secondary N) is 2. The normalized spacial score (nSPS) is 18.4. The lowest BCUT2D eigenvalue weighted by Crippen LogP contribution is -2.44. The Bertz CT molecular complexity index is 744. The van der Waals surface area contributed by atoms with Gasteiger partial charge in [0.1, 0.15) is 5.69 Å². The molecular weight excluding hydrogens is 314 g/mol. The molecule has 1 aromatic carbocycles. The molecule has 2 N–H and O–H groups in total. The number of hydrogen-bond donors (Lipinski definition) is 2. The highest BCUT2D eigenvalue weighted by molar-refractivity contribution is 5.95. The number of carbonyl (C=O) groups excluding carboxylic acids is 1. The lowest BCUT2D eigenvalue weighted by atomic mass is 10.0. The Morgan fingerprint density at radius 3 is 2.72 bits per heavy atom. The van der Waals surface area contributed by atoms with Gasteiger partial charge in [0, 0.05) is 29.2 Å². The number of hydrogen-bond acceptors (Lipinski definition) is 4. The minimum atomic E-state index is -0.284. The zero-order valence-electron chi connectivity index (χ0n) is 14.9. The van der Waals surface area contributed by atoms with E-state index in [1.807, 2.05) is 13.0 Å². The predicted octanol–water partition coefficient (Wildman–Crippen LogP) is 3.31. The van der Waals surface area contributed by atoms with Gasteiger partial charge in [-0.3, -0.25) is 0 Å². The van der Waals surface area contributed by atoms with Crippen molar-refractivity contribution in [1.29, 1.82) is 0 Å². The molecule has 2 aromatic rings. The Balaban J connectivity index is 1.61. The van der Waals surface area contributed by atoms with Crippen LogP contribution >= 0.6 is 0 Å². The first kappa shape index (κ1) is 16.5. The van der Waals surface area contributed by atoms with Crippen molar-refractivity contribution in [3.63, 3.8) is 0 Å². The average Bonchev–Trinajstić information content (AvgIpc) is 3.36. The molecule has 2 aliphatic rings. The fourth-order valence-electron chi connectivity index (χ4n) is 3.78. The highest BCUT2D eigenvalue weighted by atomic mass is 16.5. The molecule has 1 saturated carbocycles. The van der Waals surface area contributed by atoms with Crippen LogP contribution in [0.4, 0.5) is 5.69 Å². The Morgan fingerprint density at radius 2 is 2.00 bits per heavy atom. The fourth-order valence-corrected chi connectivity index (χ4v) is 3.78. The molecule has 1 aliphatic heterocycles. The van der Waals surface area contributed by atoms with E-state index in [0.29, 0.717) is 18.3 Å². The summed E-state index contributed by atoms with van der Waals surface area (Å²) in [6.07, 6.45) is 5.12. The molecule has 0 bridgehead atoms. The van der Waals surface area contributed by atoms with Gasteiger partial charge in [0.05, 0.1) is 6.61 Å². The van der Waals surface area contributed by atoms with Gasteiger partial charge in [-0.1, -0.05) is 0 Å². The van der Waals surface area contributed by atoms with Crippen molar-refractivity contribution in [2.45, 2.75) is 38.6 Å². The molecule has 1 saturated heterocycles. The molecule has 25 heavy (non-hydrogen) atoms. The van der Waals surface area contributed by atoms with Crippen LogP contribution in [0, 0.1) is 5.92 Å². The summed E-state index contributed by atoms with van der Waals surface area (Å²) in [5, 5.41) is 4.54. The molecule has 0 atom stereocenters. The van der Waals surface area contributed by atoms with Gasteiger partial charge in [-0.15, -0.1) is 0 Å². The highest BCUT2D eigenvalue weighted by Crippen LogP contribution is 2.34. The summed E-state index contributed by atoms with van der Waals surface area (Å²) < 4.78 is 5.10. The molecule has 0 amide bonds. The molecular formula is C20H27N3O2. The standard InChI is InChI=1S/C20H27N3O2/c1-2-25-20(24)19-12-15-11-17(5-6-18(15)22-19)23(13-14-3-4-14)16-7-9-21-10-8-16/h5-6,11-12,14,16,21-22H,2-4,7-10,13H2,1H3. The maximum absolute atomic E-state index is 12.0. The van der Waals surface area contributed by atoms with Crippen LogP contribution < -0.4 is 10.2 Å². The molecule has 0 unspecified atom stereocenters. The van der Waals surface area contributed by atoms with Crippen LogP contribution in [-0.2, 0) is 4.74 Å². The van der Waals surface area contributed by atoms with Crippen molar-refractivity contribution in [2.75, 3.05) is 31.1 Å². The van der Waals surface area contributed by atoms with Crippen LogP contribution in [0.5, 0.6) is 0 Å². The summed E-state index contributed by atoms with van der Waals surface area (Å²) in [6.45, 7) is 5.58. The second kappa shape index (κ2) is 7.08. The van der Waals surface area contributed by atoms with E-state index in [9.17, 15) is 4.79 Å². The van der Waals surface area contributed by atoms with Crippen molar-refractivity contribution < 1.29 is 9.53 Å². The van der Waals surface area contributed by atoms with Crippen LogP contribution in [-0.4, -0.2) is 43.2 Å². The van der Waals surface area contributed by atoms with Gasteiger partial charge >= 0.3 is 5.97 Å². The maximum Gasteiger partial charge on any atom is 0.354 e. The third-order valence-electron chi connectivity index (χ3n) is 5.33. The first-order valence-electron chi connectivity index (χ1n) is 9.52. The highest BCUT2D eigenvalue weighted by Gasteiger charge is 2.29. The molecule has 5 heteroatoms. The van der Waals surface area contributed by atoms with E-state index in [4.69, 9.17) is 4.74 Å². The van der Waals surface area contributed by atoms with Gasteiger partial charge < -0.3 is 19.9 Å². The summed E-state index contributed by atoms with van der Waals surface area (Å²) in [4.78, 5) is 17.7. The average molecular weight is 341 g/mol.